The van der Waals surface area contributed by atoms with Gasteiger partial charge in [-0.15, -0.1) is 0 Å². The highest BCUT2D eigenvalue weighted by molar-refractivity contribution is 5.98. The van der Waals surface area contributed by atoms with Crippen LogP contribution in [-0.2, 0) is 4.79 Å². The van der Waals surface area contributed by atoms with E-state index in [0.717, 1.165) is 17.7 Å². The summed E-state index contributed by atoms with van der Waals surface area (Å²) in [5, 5.41) is 2.76. The number of amides is 3. The summed E-state index contributed by atoms with van der Waals surface area (Å²) in [6.07, 6.45) is 0.756. The zero-order chi connectivity index (χ0) is 11.2. The van der Waals surface area contributed by atoms with Crippen molar-refractivity contribution in [3.05, 3.63) is 11.3 Å². The van der Waals surface area contributed by atoms with E-state index in [-0.39, 0.29) is 18.0 Å². The van der Waals surface area contributed by atoms with Crippen molar-refractivity contribution in [1.29, 1.82) is 0 Å². The third-order valence-electron chi connectivity index (χ3n) is 3.05. The van der Waals surface area contributed by atoms with Gasteiger partial charge in [-0.2, -0.15) is 0 Å². The van der Waals surface area contributed by atoms with Gasteiger partial charge in [0, 0.05) is 32.8 Å². The quantitative estimate of drug-likeness (QED) is 0.617. The van der Waals surface area contributed by atoms with E-state index in [9.17, 15) is 9.59 Å². The molecule has 0 aromatic carbocycles. The number of nitrogens with one attached hydrogen (secondary N) is 1. The predicted octanol–water partition coefficient (Wildman–Crippen LogP) is 0.146. The highest BCUT2D eigenvalue weighted by Gasteiger charge is 2.36. The Labute approximate surface area is 88.7 Å². The van der Waals surface area contributed by atoms with Gasteiger partial charge in [0.1, 0.15) is 0 Å². The SMILES string of the molecule is CC1NC(=O)N(C)C2=C1C(=O)N(C)CC2. The van der Waals surface area contributed by atoms with Gasteiger partial charge in [-0.3, -0.25) is 4.79 Å². The van der Waals surface area contributed by atoms with Crippen molar-refractivity contribution in [3.8, 4) is 0 Å². The molecule has 1 atom stereocenters. The van der Waals surface area contributed by atoms with Crippen molar-refractivity contribution in [2.24, 2.45) is 0 Å². The molecule has 0 bridgehead atoms. The smallest absolute Gasteiger partial charge is 0.321 e. The first-order valence-electron chi connectivity index (χ1n) is 5.05. The Balaban J connectivity index is 2.46. The molecule has 0 aromatic rings. The van der Waals surface area contributed by atoms with Crippen LogP contribution in [-0.4, -0.2) is 48.4 Å². The zero-order valence-electron chi connectivity index (χ0n) is 9.20. The van der Waals surface area contributed by atoms with Gasteiger partial charge in [0.15, 0.2) is 0 Å². The average Bonchev–Trinajstić information content (AvgIpc) is 2.18. The second-order valence-electron chi connectivity index (χ2n) is 4.07. The third kappa shape index (κ3) is 1.38. The number of rotatable bonds is 0. The predicted molar refractivity (Wildman–Crippen MR) is 55.0 cm³/mol. The maximum Gasteiger partial charge on any atom is 0.321 e. The van der Waals surface area contributed by atoms with Gasteiger partial charge >= 0.3 is 6.03 Å². The summed E-state index contributed by atoms with van der Waals surface area (Å²) in [5.41, 5.74) is 1.60. The number of nitrogens with zero attached hydrogens (tertiary/aromatic N) is 2. The van der Waals surface area contributed by atoms with Crippen molar-refractivity contribution in [2.75, 3.05) is 20.6 Å². The van der Waals surface area contributed by atoms with Crippen LogP contribution in [0.5, 0.6) is 0 Å². The van der Waals surface area contributed by atoms with Crippen molar-refractivity contribution in [2.45, 2.75) is 19.4 Å². The first-order chi connectivity index (χ1) is 7.02. The molecule has 0 aliphatic carbocycles. The molecule has 0 spiro atoms. The number of carbonyl (C=O) groups is 2. The topological polar surface area (TPSA) is 52.7 Å². The number of hydrogen-bond donors (Lipinski definition) is 1. The second kappa shape index (κ2) is 3.25. The van der Waals surface area contributed by atoms with Crippen LogP contribution in [0, 0.1) is 0 Å². The maximum atomic E-state index is 11.9. The van der Waals surface area contributed by atoms with E-state index in [4.69, 9.17) is 0 Å². The summed E-state index contributed by atoms with van der Waals surface area (Å²) in [6.45, 7) is 2.53. The van der Waals surface area contributed by atoms with Gasteiger partial charge in [-0.05, 0) is 6.92 Å². The number of carbonyl (C=O) groups excluding carboxylic acids is 2. The lowest BCUT2D eigenvalue weighted by atomic mass is 9.97. The van der Waals surface area contributed by atoms with Crippen LogP contribution in [0.4, 0.5) is 4.79 Å². The van der Waals surface area contributed by atoms with Crippen LogP contribution in [0.3, 0.4) is 0 Å². The fourth-order valence-corrected chi connectivity index (χ4v) is 2.10. The van der Waals surface area contributed by atoms with E-state index in [2.05, 4.69) is 5.32 Å². The first-order valence-corrected chi connectivity index (χ1v) is 5.05. The first kappa shape index (κ1) is 10.0. The van der Waals surface area contributed by atoms with Crippen LogP contribution in [0.25, 0.3) is 0 Å². The van der Waals surface area contributed by atoms with E-state index in [0.29, 0.717) is 6.54 Å². The Hall–Kier alpha value is -1.52. The molecule has 0 saturated carbocycles. The van der Waals surface area contributed by atoms with Crippen LogP contribution in [0.2, 0.25) is 0 Å². The van der Waals surface area contributed by atoms with Crippen LogP contribution in [0.1, 0.15) is 13.3 Å². The Morgan fingerprint density at radius 1 is 1.33 bits per heavy atom. The lowest BCUT2D eigenvalue weighted by Gasteiger charge is -2.38. The van der Waals surface area contributed by atoms with Crippen LogP contribution >= 0.6 is 0 Å². The number of likely N-dealkylation sites (N-methyl/N-ethyl adjacent to an activating group) is 1. The van der Waals surface area contributed by atoms with Crippen molar-refractivity contribution in [1.82, 2.24) is 15.1 Å². The summed E-state index contributed by atoms with van der Waals surface area (Å²) < 4.78 is 0. The van der Waals surface area contributed by atoms with E-state index in [1.165, 1.54) is 0 Å². The molecule has 0 aromatic heterocycles. The molecule has 1 N–H and O–H groups in total. The van der Waals surface area contributed by atoms with Crippen molar-refractivity contribution < 1.29 is 9.59 Å². The molecule has 0 fully saturated rings. The molecule has 82 valence electrons. The molecule has 0 radical (unpaired) electrons. The third-order valence-corrected chi connectivity index (χ3v) is 3.05. The standard InChI is InChI=1S/C10H15N3O2/c1-6-8-7(13(3)10(15)11-6)4-5-12(2)9(8)14/h6H,4-5H2,1-3H3,(H,11,15). The van der Waals surface area contributed by atoms with E-state index < -0.39 is 0 Å². The van der Waals surface area contributed by atoms with Crippen LogP contribution < -0.4 is 5.32 Å². The van der Waals surface area contributed by atoms with Gasteiger partial charge in [-0.1, -0.05) is 0 Å². The molecular formula is C10H15N3O2. The summed E-state index contributed by atoms with van der Waals surface area (Å²) >= 11 is 0. The summed E-state index contributed by atoms with van der Waals surface area (Å²) in [4.78, 5) is 26.7. The minimum absolute atomic E-state index is 0.0237. The lowest BCUT2D eigenvalue weighted by Crippen LogP contribution is -2.53. The van der Waals surface area contributed by atoms with Crippen molar-refractivity contribution >= 4 is 11.9 Å². The summed E-state index contributed by atoms with van der Waals surface area (Å²) in [5.74, 6) is 0.0237. The van der Waals surface area contributed by atoms with Gasteiger partial charge in [0.05, 0.1) is 11.6 Å². The fraction of sp³-hybridized carbons (Fsp3) is 0.600. The maximum absolute atomic E-state index is 11.9. The number of hydrogen-bond acceptors (Lipinski definition) is 2. The molecule has 2 aliphatic rings. The number of urea groups is 1. The normalized spacial score (nSPS) is 26.7. The second-order valence-corrected chi connectivity index (χ2v) is 4.07. The Bertz CT molecular complexity index is 362. The van der Waals surface area contributed by atoms with E-state index >= 15 is 0 Å². The largest absolute Gasteiger partial charge is 0.341 e. The monoisotopic (exact) mass is 209 g/mol. The molecule has 5 heteroatoms. The Morgan fingerprint density at radius 2 is 2.00 bits per heavy atom. The Morgan fingerprint density at radius 3 is 2.67 bits per heavy atom. The highest BCUT2D eigenvalue weighted by Crippen LogP contribution is 2.26. The molecule has 3 amide bonds. The minimum atomic E-state index is -0.182. The molecule has 2 aliphatic heterocycles. The summed E-state index contributed by atoms with van der Waals surface area (Å²) in [7, 11) is 3.49. The fourth-order valence-electron chi connectivity index (χ4n) is 2.10. The van der Waals surface area contributed by atoms with Crippen molar-refractivity contribution in [3.63, 3.8) is 0 Å². The molecule has 5 nitrogen and oxygen atoms in total. The molecule has 15 heavy (non-hydrogen) atoms. The molecular weight excluding hydrogens is 194 g/mol. The summed E-state index contributed by atoms with van der Waals surface area (Å²) in [6, 6.07) is -0.308. The lowest BCUT2D eigenvalue weighted by molar-refractivity contribution is -0.127. The molecule has 1 unspecified atom stereocenters. The van der Waals surface area contributed by atoms with E-state index in [1.54, 1.807) is 23.9 Å². The van der Waals surface area contributed by atoms with Gasteiger partial charge in [0.2, 0.25) is 0 Å². The molecule has 2 rings (SSSR count). The highest BCUT2D eigenvalue weighted by atomic mass is 16.2. The molecule has 0 saturated heterocycles. The molecule has 2 heterocycles. The average molecular weight is 209 g/mol. The zero-order valence-corrected chi connectivity index (χ0v) is 9.20. The Kier molecular flexibility index (Phi) is 2.17. The van der Waals surface area contributed by atoms with Crippen LogP contribution in [0.15, 0.2) is 11.3 Å². The van der Waals surface area contributed by atoms with Gasteiger partial charge in [-0.25, -0.2) is 4.79 Å². The van der Waals surface area contributed by atoms with Gasteiger partial charge in [0.25, 0.3) is 5.91 Å². The van der Waals surface area contributed by atoms with Gasteiger partial charge < -0.3 is 15.1 Å². The van der Waals surface area contributed by atoms with E-state index in [1.807, 2.05) is 6.92 Å². The minimum Gasteiger partial charge on any atom is -0.341 e.